The smallest absolute Gasteiger partial charge is 0.267 e. The molecule has 0 aliphatic carbocycles. The van der Waals surface area contributed by atoms with Crippen LogP contribution in [0.1, 0.15) is 26.4 Å². The number of thiophene rings is 1. The van der Waals surface area contributed by atoms with Crippen molar-refractivity contribution in [1.82, 2.24) is 30.6 Å². The molecule has 0 saturated heterocycles. The van der Waals surface area contributed by atoms with Gasteiger partial charge in [0.1, 0.15) is 0 Å². The predicted molar refractivity (Wildman–Crippen MR) is 126 cm³/mol. The molecule has 4 heterocycles. The molecule has 0 unspecified atom stereocenters. The largest absolute Gasteiger partial charge is 0.270 e. The van der Waals surface area contributed by atoms with Gasteiger partial charge in [-0.25, -0.2) is 9.67 Å². The van der Waals surface area contributed by atoms with Crippen molar-refractivity contribution in [3.63, 3.8) is 0 Å². The second-order valence-electron chi connectivity index (χ2n) is 7.21. The van der Waals surface area contributed by atoms with Crippen LogP contribution < -0.4 is 10.9 Å². The molecule has 0 aliphatic rings. The number of nitrogens with zero attached hydrogens (tertiary/aromatic N) is 4. The van der Waals surface area contributed by atoms with Crippen LogP contribution in [-0.4, -0.2) is 31.6 Å². The fraction of sp³-hybridized carbons (Fsp3) is 0.0417. The number of carbonyl (C=O) groups is 2. The van der Waals surface area contributed by atoms with Crippen LogP contribution in [0.3, 0.4) is 0 Å². The summed E-state index contributed by atoms with van der Waals surface area (Å²) < 4.78 is 1.73. The van der Waals surface area contributed by atoms with Crippen molar-refractivity contribution in [3.8, 4) is 16.3 Å². The molecule has 0 aliphatic heterocycles. The van der Waals surface area contributed by atoms with E-state index in [9.17, 15) is 9.59 Å². The van der Waals surface area contributed by atoms with E-state index in [0.717, 1.165) is 10.6 Å². The minimum atomic E-state index is -0.460. The number of aromatic nitrogens is 4. The molecule has 0 spiro atoms. The molecule has 0 radical (unpaired) electrons. The number of para-hydroxylation sites is 1. The van der Waals surface area contributed by atoms with Gasteiger partial charge >= 0.3 is 0 Å². The third-order valence-corrected chi connectivity index (χ3v) is 5.96. The maximum absolute atomic E-state index is 13.2. The van der Waals surface area contributed by atoms with E-state index in [4.69, 9.17) is 4.98 Å². The van der Waals surface area contributed by atoms with Gasteiger partial charge in [0.25, 0.3) is 11.8 Å². The van der Waals surface area contributed by atoms with Crippen LogP contribution in [0, 0.1) is 6.92 Å². The van der Waals surface area contributed by atoms with E-state index < -0.39 is 11.8 Å². The highest BCUT2D eigenvalue weighted by Gasteiger charge is 2.21. The number of benzene rings is 1. The summed E-state index contributed by atoms with van der Waals surface area (Å²) >= 11 is 1.53. The summed E-state index contributed by atoms with van der Waals surface area (Å²) in [5.41, 5.74) is 8.45. The second kappa shape index (κ2) is 8.64. The van der Waals surface area contributed by atoms with Gasteiger partial charge in [0.2, 0.25) is 0 Å². The Kier molecular flexibility index (Phi) is 5.37. The summed E-state index contributed by atoms with van der Waals surface area (Å²) in [7, 11) is 0. The van der Waals surface area contributed by atoms with Crippen molar-refractivity contribution in [3.05, 3.63) is 95.3 Å². The number of hydrazine groups is 1. The van der Waals surface area contributed by atoms with Crippen molar-refractivity contribution in [2.45, 2.75) is 6.92 Å². The topological polar surface area (TPSA) is 102 Å². The van der Waals surface area contributed by atoms with Gasteiger partial charge in [-0.1, -0.05) is 24.3 Å². The lowest BCUT2D eigenvalue weighted by atomic mass is 10.1. The minimum absolute atomic E-state index is 0.373. The number of fused-ring (bicyclic) bond motifs is 1. The van der Waals surface area contributed by atoms with E-state index >= 15 is 0 Å². The van der Waals surface area contributed by atoms with Crippen molar-refractivity contribution >= 4 is 34.2 Å². The maximum atomic E-state index is 13.2. The lowest BCUT2D eigenvalue weighted by molar-refractivity contribution is 0.0847. The van der Waals surface area contributed by atoms with Crippen LogP contribution in [0.4, 0.5) is 0 Å². The van der Waals surface area contributed by atoms with Crippen molar-refractivity contribution < 1.29 is 9.59 Å². The average molecular weight is 455 g/mol. The monoisotopic (exact) mass is 454 g/mol. The van der Waals surface area contributed by atoms with E-state index in [1.165, 1.54) is 23.7 Å². The molecule has 5 rings (SSSR count). The minimum Gasteiger partial charge on any atom is -0.267 e. The first kappa shape index (κ1) is 20.5. The van der Waals surface area contributed by atoms with Crippen molar-refractivity contribution in [1.29, 1.82) is 0 Å². The van der Waals surface area contributed by atoms with Crippen LogP contribution in [0.5, 0.6) is 0 Å². The van der Waals surface area contributed by atoms with Gasteiger partial charge in [0.15, 0.2) is 5.65 Å². The molecular weight excluding hydrogens is 436 g/mol. The Morgan fingerprint density at radius 2 is 1.70 bits per heavy atom. The second-order valence-corrected chi connectivity index (χ2v) is 8.16. The fourth-order valence-electron chi connectivity index (χ4n) is 3.52. The number of rotatable bonds is 4. The van der Waals surface area contributed by atoms with Gasteiger partial charge in [0.05, 0.1) is 32.9 Å². The summed E-state index contributed by atoms with van der Waals surface area (Å²) in [5.74, 6) is -0.899. The normalized spacial score (nSPS) is 10.8. The fourth-order valence-corrected chi connectivity index (χ4v) is 4.21. The quantitative estimate of drug-likeness (QED) is 0.401. The molecule has 0 fully saturated rings. The van der Waals surface area contributed by atoms with Crippen LogP contribution >= 0.6 is 11.3 Å². The number of hydrogen-bond acceptors (Lipinski definition) is 6. The molecule has 2 N–H and O–H groups in total. The van der Waals surface area contributed by atoms with Gasteiger partial charge in [-0.2, -0.15) is 5.10 Å². The number of aryl methyl sites for hydroxylation is 1. The molecule has 2 amide bonds. The zero-order chi connectivity index (χ0) is 22.8. The average Bonchev–Trinajstić information content (AvgIpc) is 3.51. The molecule has 0 atom stereocenters. The Labute approximate surface area is 192 Å². The first-order chi connectivity index (χ1) is 16.1. The summed E-state index contributed by atoms with van der Waals surface area (Å²) in [6.45, 7) is 1.83. The summed E-state index contributed by atoms with van der Waals surface area (Å²) in [6, 6.07) is 18.4. The van der Waals surface area contributed by atoms with Crippen LogP contribution in [-0.2, 0) is 0 Å². The molecular formula is C24H18N6O2S. The third-order valence-electron chi connectivity index (χ3n) is 5.06. The van der Waals surface area contributed by atoms with E-state index in [0.29, 0.717) is 33.5 Å². The number of amides is 2. The summed E-state index contributed by atoms with van der Waals surface area (Å²) in [6.07, 6.45) is 3.02. The summed E-state index contributed by atoms with van der Waals surface area (Å²) in [4.78, 5) is 35.2. The maximum Gasteiger partial charge on any atom is 0.270 e. The first-order valence-corrected chi connectivity index (χ1v) is 11.0. The van der Waals surface area contributed by atoms with Crippen molar-refractivity contribution in [2.24, 2.45) is 0 Å². The number of carbonyl (C=O) groups excluding carboxylic acids is 2. The Balaban J connectivity index is 1.58. The number of nitrogens with one attached hydrogen (secondary N) is 2. The van der Waals surface area contributed by atoms with E-state index in [2.05, 4.69) is 20.9 Å². The standard InChI is InChI=1S/C24H18N6O2S/c1-15-21-18(24(32)28-27-23(31)16-9-11-25-12-10-16)14-19(20-8-5-13-33-20)26-22(21)30(29-15)17-6-3-2-4-7-17/h2-14H,1H3,(H,27,31)(H,28,32). The Bertz CT molecular complexity index is 1450. The molecule has 33 heavy (non-hydrogen) atoms. The van der Waals surface area contributed by atoms with Gasteiger partial charge < -0.3 is 0 Å². The lowest BCUT2D eigenvalue weighted by Gasteiger charge is -2.10. The van der Waals surface area contributed by atoms with E-state index in [1.54, 1.807) is 22.9 Å². The lowest BCUT2D eigenvalue weighted by Crippen LogP contribution is -2.41. The number of hydrogen-bond donors (Lipinski definition) is 2. The van der Waals surface area contributed by atoms with Gasteiger partial charge in [-0.3, -0.25) is 25.4 Å². The highest BCUT2D eigenvalue weighted by molar-refractivity contribution is 7.13. The molecule has 0 saturated carbocycles. The highest BCUT2D eigenvalue weighted by atomic mass is 32.1. The third kappa shape index (κ3) is 3.97. The highest BCUT2D eigenvalue weighted by Crippen LogP contribution is 2.30. The molecule has 9 heteroatoms. The Morgan fingerprint density at radius 3 is 2.42 bits per heavy atom. The van der Waals surface area contributed by atoms with Gasteiger partial charge in [0, 0.05) is 18.0 Å². The van der Waals surface area contributed by atoms with Crippen LogP contribution in [0.2, 0.25) is 0 Å². The Hall–Kier alpha value is -4.37. The SMILES string of the molecule is Cc1nn(-c2ccccc2)c2nc(-c3cccs3)cc(C(=O)NNC(=O)c3ccncc3)c12. The number of pyridine rings is 2. The summed E-state index contributed by atoms with van der Waals surface area (Å²) in [5, 5.41) is 7.23. The molecule has 5 aromatic rings. The van der Waals surface area contributed by atoms with Gasteiger partial charge in [-0.15, -0.1) is 11.3 Å². The van der Waals surface area contributed by atoms with Crippen molar-refractivity contribution in [2.75, 3.05) is 0 Å². The first-order valence-electron chi connectivity index (χ1n) is 10.1. The molecule has 162 valence electrons. The van der Waals surface area contributed by atoms with E-state index in [-0.39, 0.29) is 0 Å². The molecule has 1 aromatic carbocycles. The predicted octanol–water partition coefficient (Wildman–Crippen LogP) is 3.93. The van der Waals surface area contributed by atoms with Gasteiger partial charge in [-0.05, 0) is 48.7 Å². The molecule has 0 bridgehead atoms. The zero-order valence-corrected chi connectivity index (χ0v) is 18.3. The van der Waals surface area contributed by atoms with Crippen LogP contribution in [0.15, 0.2) is 78.4 Å². The Morgan fingerprint density at radius 1 is 0.939 bits per heavy atom. The van der Waals surface area contributed by atoms with Crippen LogP contribution in [0.25, 0.3) is 27.3 Å². The molecule has 4 aromatic heterocycles. The van der Waals surface area contributed by atoms with E-state index in [1.807, 2.05) is 54.8 Å². The molecule has 8 nitrogen and oxygen atoms in total. The zero-order valence-electron chi connectivity index (χ0n) is 17.5.